The smallest absolute Gasteiger partial charge is 0.269 e. The summed E-state index contributed by atoms with van der Waals surface area (Å²) in [6.07, 6.45) is 0. The molecule has 4 aromatic rings. The normalized spacial score (nSPS) is 15.7. The van der Waals surface area contributed by atoms with Crippen molar-refractivity contribution < 1.29 is 24.1 Å². The van der Waals surface area contributed by atoms with Crippen LogP contribution in [0.4, 0.5) is 22.7 Å². The van der Waals surface area contributed by atoms with Crippen molar-refractivity contribution in [3.05, 3.63) is 129 Å². The molecule has 0 radical (unpaired) electrons. The Balaban J connectivity index is 1.27. The van der Waals surface area contributed by atoms with Crippen LogP contribution in [-0.2, 0) is 9.59 Å². The average molecular weight is 574 g/mol. The van der Waals surface area contributed by atoms with E-state index in [9.17, 15) is 29.3 Å². The van der Waals surface area contributed by atoms with Crippen molar-refractivity contribution in [2.75, 3.05) is 23.8 Å². The summed E-state index contributed by atoms with van der Waals surface area (Å²) in [7, 11) is 1.54. The van der Waals surface area contributed by atoms with Crippen molar-refractivity contribution in [1.29, 1.82) is 0 Å². The van der Waals surface area contributed by atoms with Crippen LogP contribution in [-0.4, -0.2) is 52.8 Å². The molecule has 4 aromatic carbocycles. The summed E-state index contributed by atoms with van der Waals surface area (Å²) >= 11 is 0. The quantitative estimate of drug-likeness (QED) is 0.147. The summed E-state index contributed by atoms with van der Waals surface area (Å²) in [5.41, 5.74) is 3.40. The molecule has 1 N–H and O–H groups in total. The van der Waals surface area contributed by atoms with Crippen LogP contribution < -0.4 is 10.2 Å². The van der Waals surface area contributed by atoms with Crippen LogP contribution in [0.15, 0.2) is 102 Å². The van der Waals surface area contributed by atoms with Gasteiger partial charge in [-0.3, -0.25) is 39.2 Å². The van der Waals surface area contributed by atoms with E-state index in [0.717, 1.165) is 4.90 Å². The fourth-order valence-electron chi connectivity index (χ4n) is 5.20. The van der Waals surface area contributed by atoms with Crippen molar-refractivity contribution in [2.24, 2.45) is 4.99 Å². The minimum Gasteiger partial charge on any atom is -0.325 e. The van der Waals surface area contributed by atoms with Gasteiger partial charge >= 0.3 is 0 Å². The summed E-state index contributed by atoms with van der Waals surface area (Å²) in [6.45, 7) is -0.413. The molecular weight excluding hydrogens is 550 g/mol. The third-order valence-corrected chi connectivity index (χ3v) is 7.45. The summed E-state index contributed by atoms with van der Waals surface area (Å²) in [5, 5.41) is 14.2. The first-order valence-electron chi connectivity index (χ1n) is 13.3. The monoisotopic (exact) mass is 573 g/mol. The Labute approximate surface area is 245 Å². The predicted octanol–water partition coefficient (Wildman–Crippen LogP) is 4.71. The van der Waals surface area contributed by atoms with Crippen molar-refractivity contribution >= 4 is 52.1 Å². The van der Waals surface area contributed by atoms with Crippen LogP contribution in [0.3, 0.4) is 0 Å². The van der Waals surface area contributed by atoms with Crippen LogP contribution in [0, 0.1) is 10.1 Å². The molecule has 1 unspecified atom stereocenters. The molecule has 0 aliphatic carbocycles. The number of hydrogen-bond acceptors (Lipinski definition) is 7. The highest BCUT2D eigenvalue weighted by Crippen LogP contribution is 2.38. The van der Waals surface area contributed by atoms with Crippen LogP contribution in [0.5, 0.6) is 0 Å². The Morgan fingerprint density at radius 3 is 2.16 bits per heavy atom. The van der Waals surface area contributed by atoms with Gasteiger partial charge in [0.1, 0.15) is 12.5 Å². The minimum absolute atomic E-state index is 0.133. The number of fused-ring (bicyclic) bond motifs is 2. The second kappa shape index (κ2) is 10.8. The molecule has 0 fully saturated rings. The molecular formula is C32H23N5O6. The van der Waals surface area contributed by atoms with Crippen LogP contribution in [0.25, 0.3) is 0 Å². The van der Waals surface area contributed by atoms with E-state index in [-0.39, 0.29) is 22.7 Å². The number of hydrogen-bond donors (Lipinski definition) is 1. The lowest BCUT2D eigenvalue weighted by molar-refractivity contribution is -0.384. The SMILES string of the molecule is CN(C(=O)CN1C(=O)c2ccccc2C1=O)c1ccc(N=C(c2ccccc2)C2C(=O)Nc3ccc([N+](=O)[O-])cc32)cc1. The lowest BCUT2D eigenvalue weighted by Gasteiger charge is -2.21. The van der Waals surface area contributed by atoms with Gasteiger partial charge in [0, 0.05) is 36.1 Å². The third-order valence-electron chi connectivity index (χ3n) is 7.45. The van der Waals surface area contributed by atoms with Gasteiger partial charge < -0.3 is 10.2 Å². The molecule has 2 aliphatic heterocycles. The van der Waals surface area contributed by atoms with E-state index in [1.54, 1.807) is 55.6 Å². The number of likely N-dealkylation sites (N-methyl/N-ethyl adjacent to an activating group) is 1. The zero-order valence-corrected chi connectivity index (χ0v) is 22.8. The molecule has 2 aliphatic rings. The standard InChI is InChI=1S/C32H23N5O6/c1-35(27(38)18-36-31(40)23-9-5-6-10-24(23)32(36)41)21-13-11-20(12-14-21)33-29(19-7-3-2-4-8-19)28-25-17-22(37(42)43)15-16-26(25)34-30(28)39/h2-17,28H,18H2,1H3,(H,34,39). The van der Waals surface area contributed by atoms with E-state index in [0.29, 0.717) is 33.9 Å². The van der Waals surface area contributed by atoms with Crippen molar-refractivity contribution in [2.45, 2.75) is 5.92 Å². The van der Waals surface area contributed by atoms with Crippen molar-refractivity contribution in [3.63, 3.8) is 0 Å². The highest BCUT2D eigenvalue weighted by atomic mass is 16.6. The fraction of sp³-hybridized carbons (Fsp3) is 0.0938. The van der Waals surface area contributed by atoms with E-state index in [4.69, 9.17) is 4.99 Å². The zero-order chi connectivity index (χ0) is 30.2. The number of carbonyl (C=O) groups is 4. The predicted molar refractivity (Wildman–Crippen MR) is 159 cm³/mol. The van der Waals surface area contributed by atoms with E-state index in [1.165, 1.54) is 23.1 Å². The number of nitrogens with one attached hydrogen (secondary N) is 1. The second-order valence-corrected chi connectivity index (χ2v) is 10.0. The van der Waals surface area contributed by atoms with Gasteiger partial charge in [-0.1, -0.05) is 42.5 Å². The number of amides is 4. The maximum absolute atomic E-state index is 13.1. The number of nitro groups is 1. The van der Waals surface area contributed by atoms with Gasteiger partial charge in [0.05, 0.1) is 27.4 Å². The summed E-state index contributed by atoms with van der Waals surface area (Å²) < 4.78 is 0. The van der Waals surface area contributed by atoms with Crippen LogP contribution in [0.2, 0.25) is 0 Å². The number of non-ortho nitro benzene ring substituents is 1. The molecule has 2 heterocycles. The number of rotatable bonds is 7. The molecule has 0 aromatic heterocycles. The Morgan fingerprint density at radius 1 is 0.907 bits per heavy atom. The molecule has 0 spiro atoms. The maximum Gasteiger partial charge on any atom is 0.269 e. The topological polar surface area (TPSA) is 142 Å². The average Bonchev–Trinajstić information content (AvgIpc) is 3.48. The van der Waals surface area contributed by atoms with Crippen LogP contribution >= 0.6 is 0 Å². The molecule has 11 nitrogen and oxygen atoms in total. The summed E-state index contributed by atoms with van der Waals surface area (Å²) in [6, 6.07) is 26.4. The molecule has 1 atom stereocenters. The minimum atomic E-state index is -0.888. The summed E-state index contributed by atoms with van der Waals surface area (Å²) in [5.74, 6) is -2.72. The number of benzene rings is 4. The molecule has 0 saturated carbocycles. The van der Waals surface area contributed by atoms with E-state index >= 15 is 0 Å². The Morgan fingerprint density at radius 2 is 1.53 bits per heavy atom. The zero-order valence-electron chi connectivity index (χ0n) is 22.8. The molecule has 6 rings (SSSR count). The van der Waals surface area contributed by atoms with Gasteiger partial charge in [0.25, 0.3) is 17.5 Å². The maximum atomic E-state index is 13.1. The number of carbonyl (C=O) groups excluding carboxylic acids is 4. The number of imide groups is 1. The fourth-order valence-corrected chi connectivity index (χ4v) is 5.20. The van der Waals surface area contributed by atoms with Gasteiger partial charge in [-0.2, -0.15) is 0 Å². The molecule has 43 heavy (non-hydrogen) atoms. The lowest BCUT2D eigenvalue weighted by Crippen LogP contribution is -2.41. The molecule has 0 bridgehead atoms. The van der Waals surface area contributed by atoms with Gasteiger partial charge in [-0.25, -0.2) is 0 Å². The largest absolute Gasteiger partial charge is 0.325 e. The van der Waals surface area contributed by atoms with Crippen molar-refractivity contribution in [3.8, 4) is 0 Å². The Bertz CT molecular complexity index is 1820. The van der Waals surface area contributed by atoms with Gasteiger partial charge in [-0.15, -0.1) is 0 Å². The molecule has 4 amide bonds. The number of nitrogens with zero attached hydrogens (tertiary/aromatic N) is 4. The first-order chi connectivity index (χ1) is 20.7. The number of anilines is 2. The molecule has 0 saturated heterocycles. The third kappa shape index (κ3) is 4.93. The van der Waals surface area contributed by atoms with E-state index < -0.39 is 35.1 Å². The van der Waals surface area contributed by atoms with E-state index in [1.807, 2.05) is 30.3 Å². The highest BCUT2D eigenvalue weighted by Gasteiger charge is 2.38. The van der Waals surface area contributed by atoms with Gasteiger partial charge in [0.2, 0.25) is 11.8 Å². The number of aliphatic imine (C=N–C) groups is 1. The Hall–Kier alpha value is -5.97. The molecule has 11 heteroatoms. The molecule has 212 valence electrons. The first-order valence-corrected chi connectivity index (χ1v) is 13.3. The lowest BCUT2D eigenvalue weighted by atomic mass is 9.90. The van der Waals surface area contributed by atoms with Crippen LogP contribution in [0.1, 0.15) is 37.8 Å². The highest BCUT2D eigenvalue weighted by molar-refractivity contribution is 6.24. The van der Waals surface area contributed by atoms with E-state index in [2.05, 4.69) is 5.32 Å². The number of nitro benzene ring substituents is 1. The van der Waals surface area contributed by atoms with Gasteiger partial charge in [-0.05, 0) is 48.0 Å². The van der Waals surface area contributed by atoms with Gasteiger partial charge in [0.15, 0.2) is 0 Å². The first kappa shape index (κ1) is 27.2. The summed E-state index contributed by atoms with van der Waals surface area (Å²) in [4.78, 5) is 69.6. The second-order valence-electron chi connectivity index (χ2n) is 10.0. The van der Waals surface area contributed by atoms with Crippen molar-refractivity contribution in [1.82, 2.24) is 4.90 Å². The Kier molecular flexibility index (Phi) is 6.82.